The van der Waals surface area contributed by atoms with Crippen LogP contribution in [0.5, 0.6) is 5.75 Å². The first-order valence-corrected chi connectivity index (χ1v) is 8.11. The van der Waals surface area contributed by atoms with Crippen molar-refractivity contribution >= 4 is 10.1 Å². The van der Waals surface area contributed by atoms with Crippen molar-refractivity contribution in [3.05, 3.63) is 23.8 Å². The van der Waals surface area contributed by atoms with E-state index in [0.29, 0.717) is 19.8 Å². The molecular formula is C14H22O6S. The standard InChI is InChI=1S/C14H22O6S/c1-4-20-21(15,16)14-6-5-12(2)11-13(14)19-10-9-18-8-7-17-3/h5-6,11H,4,7-10H2,1-3H3. The minimum atomic E-state index is -3.79. The summed E-state index contributed by atoms with van der Waals surface area (Å²) in [5, 5.41) is 0. The van der Waals surface area contributed by atoms with Crippen molar-refractivity contribution in [1.29, 1.82) is 0 Å². The van der Waals surface area contributed by atoms with Gasteiger partial charge < -0.3 is 14.2 Å². The van der Waals surface area contributed by atoms with E-state index in [1.807, 2.05) is 6.92 Å². The summed E-state index contributed by atoms with van der Waals surface area (Å²) >= 11 is 0. The molecule has 0 spiro atoms. The number of hydrogen-bond donors (Lipinski definition) is 0. The van der Waals surface area contributed by atoms with E-state index < -0.39 is 10.1 Å². The molecule has 0 heterocycles. The van der Waals surface area contributed by atoms with Gasteiger partial charge in [-0.05, 0) is 31.5 Å². The Kier molecular flexibility index (Phi) is 7.66. The SMILES string of the molecule is CCOS(=O)(=O)c1ccc(C)cc1OCCOCCOC. The largest absolute Gasteiger partial charge is 0.490 e. The molecule has 0 radical (unpaired) electrons. The Morgan fingerprint density at radius 2 is 1.81 bits per heavy atom. The average molecular weight is 318 g/mol. The fourth-order valence-corrected chi connectivity index (χ4v) is 2.64. The van der Waals surface area contributed by atoms with Crippen LogP contribution in [0.4, 0.5) is 0 Å². The van der Waals surface area contributed by atoms with Gasteiger partial charge in [-0.25, -0.2) is 0 Å². The molecule has 0 aliphatic heterocycles. The van der Waals surface area contributed by atoms with Crippen LogP contribution in [0.1, 0.15) is 12.5 Å². The fraction of sp³-hybridized carbons (Fsp3) is 0.571. The van der Waals surface area contributed by atoms with Gasteiger partial charge in [0.2, 0.25) is 0 Å². The molecule has 0 N–H and O–H groups in total. The van der Waals surface area contributed by atoms with Gasteiger partial charge in [-0.1, -0.05) is 6.07 Å². The van der Waals surface area contributed by atoms with Crippen molar-refractivity contribution in [3.8, 4) is 5.75 Å². The van der Waals surface area contributed by atoms with Gasteiger partial charge >= 0.3 is 10.1 Å². The Bertz CT molecular complexity index is 526. The Morgan fingerprint density at radius 3 is 2.48 bits per heavy atom. The number of methoxy groups -OCH3 is 1. The summed E-state index contributed by atoms with van der Waals surface area (Å²) < 4.78 is 44.4. The van der Waals surface area contributed by atoms with E-state index >= 15 is 0 Å². The lowest BCUT2D eigenvalue weighted by atomic mass is 10.2. The van der Waals surface area contributed by atoms with Crippen LogP contribution in [0.2, 0.25) is 0 Å². The molecule has 6 nitrogen and oxygen atoms in total. The minimum absolute atomic E-state index is 0.0341. The van der Waals surface area contributed by atoms with Crippen molar-refractivity contribution in [2.45, 2.75) is 18.7 Å². The van der Waals surface area contributed by atoms with E-state index in [9.17, 15) is 8.42 Å². The first kappa shape index (κ1) is 17.9. The van der Waals surface area contributed by atoms with Crippen molar-refractivity contribution < 1.29 is 26.8 Å². The molecular weight excluding hydrogens is 296 g/mol. The lowest BCUT2D eigenvalue weighted by molar-refractivity contribution is 0.0539. The number of ether oxygens (including phenoxy) is 3. The third-order valence-corrected chi connectivity index (χ3v) is 3.98. The van der Waals surface area contributed by atoms with Gasteiger partial charge in [0, 0.05) is 7.11 Å². The Labute approximate surface area is 126 Å². The maximum Gasteiger partial charge on any atom is 0.300 e. The Hall–Kier alpha value is -1.15. The molecule has 0 aromatic heterocycles. The van der Waals surface area contributed by atoms with Crippen LogP contribution < -0.4 is 4.74 Å². The normalized spacial score (nSPS) is 11.6. The summed E-state index contributed by atoms with van der Waals surface area (Å²) in [6.45, 7) is 5.14. The lowest BCUT2D eigenvalue weighted by Crippen LogP contribution is -2.13. The second-order valence-electron chi connectivity index (χ2n) is 4.26. The van der Waals surface area contributed by atoms with E-state index in [-0.39, 0.29) is 23.9 Å². The van der Waals surface area contributed by atoms with Crippen molar-refractivity contribution in [1.82, 2.24) is 0 Å². The van der Waals surface area contributed by atoms with Crippen LogP contribution in [0.25, 0.3) is 0 Å². The van der Waals surface area contributed by atoms with Gasteiger partial charge in [-0.3, -0.25) is 4.18 Å². The number of rotatable bonds is 10. The second-order valence-corrected chi connectivity index (χ2v) is 5.85. The van der Waals surface area contributed by atoms with Crippen molar-refractivity contribution in [2.24, 2.45) is 0 Å². The molecule has 7 heteroatoms. The monoisotopic (exact) mass is 318 g/mol. The molecule has 1 aromatic carbocycles. The van der Waals surface area contributed by atoms with E-state index in [4.69, 9.17) is 18.4 Å². The number of aryl methyl sites for hydroxylation is 1. The van der Waals surface area contributed by atoms with Crippen LogP contribution in [-0.4, -0.2) is 48.6 Å². The Balaban J connectivity index is 2.70. The van der Waals surface area contributed by atoms with Gasteiger partial charge in [-0.2, -0.15) is 8.42 Å². The molecule has 120 valence electrons. The fourth-order valence-electron chi connectivity index (χ4n) is 1.61. The molecule has 21 heavy (non-hydrogen) atoms. The molecule has 0 saturated heterocycles. The average Bonchev–Trinajstić information content (AvgIpc) is 2.42. The molecule has 1 aromatic rings. The highest BCUT2D eigenvalue weighted by molar-refractivity contribution is 7.86. The summed E-state index contributed by atoms with van der Waals surface area (Å²) in [5.41, 5.74) is 0.903. The quantitative estimate of drug-likeness (QED) is 0.483. The van der Waals surface area contributed by atoms with E-state index in [1.54, 1.807) is 26.2 Å². The number of hydrogen-bond acceptors (Lipinski definition) is 6. The summed E-state index contributed by atoms with van der Waals surface area (Å²) in [7, 11) is -2.20. The first-order valence-electron chi connectivity index (χ1n) is 6.71. The third kappa shape index (κ3) is 6.01. The van der Waals surface area contributed by atoms with Crippen molar-refractivity contribution in [2.75, 3.05) is 40.1 Å². The topological polar surface area (TPSA) is 71.1 Å². The van der Waals surface area contributed by atoms with E-state index in [1.165, 1.54) is 6.07 Å². The first-order chi connectivity index (χ1) is 10.0. The molecule has 0 unspecified atom stereocenters. The van der Waals surface area contributed by atoms with Crippen LogP contribution >= 0.6 is 0 Å². The molecule has 0 atom stereocenters. The molecule has 0 fully saturated rings. The van der Waals surface area contributed by atoms with E-state index in [0.717, 1.165) is 5.56 Å². The summed E-state index contributed by atoms with van der Waals surface area (Å²) in [6, 6.07) is 4.86. The smallest absolute Gasteiger partial charge is 0.300 e. The van der Waals surface area contributed by atoms with Crippen LogP contribution in [0.3, 0.4) is 0 Å². The van der Waals surface area contributed by atoms with Gasteiger partial charge in [0.05, 0.1) is 26.4 Å². The van der Waals surface area contributed by atoms with Crippen LogP contribution in [0.15, 0.2) is 23.1 Å². The second kappa shape index (κ2) is 8.99. The summed E-state index contributed by atoms with van der Waals surface area (Å²) in [6.07, 6.45) is 0. The predicted molar refractivity (Wildman–Crippen MR) is 78.2 cm³/mol. The highest BCUT2D eigenvalue weighted by Gasteiger charge is 2.20. The maximum atomic E-state index is 12.0. The molecule has 1 rings (SSSR count). The van der Waals surface area contributed by atoms with Crippen LogP contribution in [-0.2, 0) is 23.8 Å². The summed E-state index contributed by atoms with van der Waals surface area (Å²) in [4.78, 5) is 0.0341. The van der Waals surface area contributed by atoms with Gasteiger partial charge in [0.25, 0.3) is 0 Å². The summed E-state index contributed by atoms with van der Waals surface area (Å²) in [5.74, 6) is 0.277. The van der Waals surface area contributed by atoms with E-state index in [2.05, 4.69) is 0 Å². The lowest BCUT2D eigenvalue weighted by Gasteiger charge is -2.12. The minimum Gasteiger partial charge on any atom is -0.490 e. The predicted octanol–water partition coefficient (Wildman–Crippen LogP) is 1.76. The van der Waals surface area contributed by atoms with Gasteiger partial charge in [0.15, 0.2) is 0 Å². The van der Waals surface area contributed by atoms with Crippen LogP contribution in [0, 0.1) is 6.92 Å². The van der Waals surface area contributed by atoms with Gasteiger partial charge in [-0.15, -0.1) is 0 Å². The molecule has 0 aliphatic rings. The zero-order valence-corrected chi connectivity index (χ0v) is 13.4. The maximum absolute atomic E-state index is 12.0. The van der Waals surface area contributed by atoms with Crippen molar-refractivity contribution in [3.63, 3.8) is 0 Å². The highest BCUT2D eigenvalue weighted by atomic mass is 32.2. The van der Waals surface area contributed by atoms with Gasteiger partial charge in [0.1, 0.15) is 17.3 Å². The zero-order valence-electron chi connectivity index (χ0n) is 12.6. The number of benzene rings is 1. The third-order valence-electron chi connectivity index (χ3n) is 2.56. The molecule has 0 aliphatic carbocycles. The Morgan fingerprint density at radius 1 is 1.10 bits per heavy atom. The highest BCUT2D eigenvalue weighted by Crippen LogP contribution is 2.26. The molecule has 0 saturated carbocycles. The molecule has 0 bridgehead atoms. The molecule has 0 amide bonds. The zero-order chi connectivity index (χ0) is 15.7.